The molecule has 2 aliphatic heterocycles. The number of hydrogen-bond donors (Lipinski definition) is 3. The van der Waals surface area contributed by atoms with Crippen LogP contribution in [-0.2, 0) is 22.7 Å². The third-order valence-electron chi connectivity index (χ3n) is 7.94. The number of nitrogens with zero attached hydrogens (tertiary/aromatic N) is 3. The number of amides is 2. The highest BCUT2D eigenvalue weighted by molar-refractivity contribution is 5.89. The first-order valence-corrected chi connectivity index (χ1v) is 13.4. The molecule has 2 fully saturated rings. The van der Waals surface area contributed by atoms with Gasteiger partial charge in [-0.3, -0.25) is 14.3 Å². The van der Waals surface area contributed by atoms with Gasteiger partial charge in [-0.15, -0.1) is 0 Å². The van der Waals surface area contributed by atoms with Crippen molar-refractivity contribution in [2.45, 2.75) is 78.1 Å². The average molecular weight is 496 g/mol. The van der Waals surface area contributed by atoms with Crippen LogP contribution in [-0.4, -0.2) is 63.4 Å². The molecule has 0 bridgehead atoms. The number of aliphatic hydroxyl groups excluding tert-OH is 1. The minimum absolute atomic E-state index is 0.0611. The number of piperidine rings is 1. The van der Waals surface area contributed by atoms with E-state index in [9.17, 15) is 14.7 Å². The first-order chi connectivity index (χ1) is 17.3. The summed E-state index contributed by atoms with van der Waals surface area (Å²) in [5.74, 6) is 0.152. The highest BCUT2D eigenvalue weighted by Crippen LogP contribution is 2.32. The molecule has 0 saturated carbocycles. The van der Waals surface area contributed by atoms with E-state index in [1.165, 1.54) is 5.56 Å². The van der Waals surface area contributed by atoms with Gasteiger partial charge >= 0.3 is 0 Å². The molecule has 3 heterocycles. The molecular formula is C28H41N5O3. The van der Waals surface area contributed by atoms with E-state index in [0.717, 1.165) is 49.3 Å². The number of hydrogen-bond acceptors (Lipinski definition) is 5. The zero-order valence-electron chi connectivity index (χ0n) is 22.0. The monoisotopic (exact) mass is 495 g/mol. The molecule has 2 amide bonds. The van der Waals surface area contributed by atoms with Gasteiger partial charge in [-0.2, -0.15) is 5.10 Å². The van der Waals surface area contributed by atoms with Crippen LogP contribution in [0.2, 0.25) is 0 Å². The summed E-state index contributed by atoms with van der Waals surface area (Å²) in [6.45, 7) is 11.4. The van der Waals surface area contributed by atoms with Crippen LogP contribution in [0.15, 0.2) is 30.5 Å². The van der Waals surface area contributed by atoms with Gasteiger partial charge in [0.1, 0.15) is 6.04 Å². The van der Waals surface area contributed by atoms with Crippen molar-refractivity contribution in [3.8, 4) is 11.3 Å². The topological polar surface area (TPSA) is 99.5 Å². The number of likely N-dealkylation sites (tertiary alicyclic amines) is 1. The van der Waals surface area contributed by atoms with E-state index in [1.54, 1.807) is 4.90 Å². The lowest BCUT2D eigenvalue weighted by molar-refractivity contribution is -0.142. The molecule has 3 atom stereocenters. The van der Waals surface area contributed by atoms with E-state index < -0.39 is 12.1 Å². The van der Waals surface area contributed by atoms with Gasteiger partial charge in [0.25, 0.3) is 0 Å². The summed E-state index contributed by atoms with van der Waals surface area (Å²) in [5, 5.41) is 21.2. The number of aliphatic hydroxyl groups is 1. The Bertz CT molecular complexity index is 1060. The predicted molar refractivity (Wildman–Crippen MR) is 140 cm³/mol. The number of aromatic nitrogens is 2. The summed E-state index contributed by atoms with van der Waals surface area (Å²) in [5.41, 5.74) is 4.60. The summed E-state index contributed by atoms with van der Waals surface area (Å²) < 4.78 is 2.00. The van der Waals surface area contributed by atoms with Crippen molar-refractivity contribution in [2.75, 3.05) is 19.6 Å². The maximum atomic E-state index is 13.3. The molecule has 3 N–H and O–H groups in total. The Kier molecular flexibility index (Phi) is 8.46. The minimum atomic E-state index is -0.669. The maximum Gasteiger partial charge on any atom is 0.243 e. The van der Waals surface area contributed by atoms with Crippen molar-refractivity contribution in [3.05, 3.63) is 41.6 Å². The van der Waals surface area contributed by atoms with Crippen LogP contribution in [0.25, 0.3) is 11.3 Å². The molecule has 3 unspecified atom stereocenters. The molecule has 8 heteroatoms. The maximum absolute atomic E-state index is 13.3. The highest BCUT2D eigenvalue weighted by atomic mass is 16.3. The van der Waals surface area contributed by atoms with Crippen LogP contribution in [0.3, 0.4) is 0 Å². The van der Waals surface area contributed by atoms with Crippen molar-refractivity contribution < 1.29 is 14.7 Å². The van der Waals surface area contributed by atoms with Crippen molar-refractivity contribution >= 4 is 11.8 Å². The summed E-state index contributed by atoms with van der Waals surface area (Å²) in [4.78, 5) is 27.8. The van der Waals surface area contributed by atoms with Crippen molar-refractivity contribution in [1.82, 2.24) is 25.3 Å². The number of nitrogens with one attached hydrogen (secondary N) is 2. The molecule has 1 aromatic heterocycles. The summed E-state index contributed by atoms with van der Waals surface area (Å²) >= 11 is 0. The third kappa shape index (κ3) is 5.65. The van der Waals surface area contributed by atoms with Crippen molar-refractivity contribution in [1.29, 1.82) is 0 Å². The molecule has 0 radical (unpaired) electrons. The molecule has 0 spiro atoms. The molecule has 2 aromatic rings. The number of benzene rings is 1. The molecule has 4 rings (SSSR count). The van der Waals surface area contributed by atoms with Gasteiger partial charge in [0.05, 0.1) is 11.8 Å². The smallest absolute Gasteiger partial charge is 0.243 e. The van der Waals surface area contributed by atoms with Crippen LogP contribution in [0.1, 0.15) is 64.0 Å². The van der Waals surface area contributed by atoms with Crippen LogP contribution < -0.4 is 10.6 Å². The number of rotatable bonds is 8. The zero-order valence-corrected chi connectivity index (χ0v) is 22.0. The van der Waals surface area contributed by atoms with E-state index in [1.807, 2.05) is 37.7 Å². The first kappa shape index (κ1) is 26.4. The Morgan fingerprint density at radius 2 is 1.94 bits per heavy atom. The van der Waals surface area contributed by atoms with E-state index in [2.05, 4.69) is 40.9 Å². The van der Waals surface area contributed by atoms with E-state index >= 15 is 0 Å². The Morgan fingerprint density at radius 3 is 2.64 bits per heavy atom. The molecule has 2 saturated heterocycles. The predicted octanol–water partition coefficient (Wildman–Crippen LogP) is 2.91. The molecule has 36 heavy (non-hydrogen) atoms. The van der Waals surface area contributed by atoms with Crippen molar-refractivity contribution in [2.24, 2.45) is 11.8 Å². The van der Waals surface area contributed by atoms with Gasteiger partial charge < -0.3 is 20.6 Å². The molecule has 2 aliphatic rings. The lowest BCUT2D eigenvalue weighted by atomic mass is 9.85. The minimum Gasteiger partial charge on any atom is -0.391 e. The largest absolute Gasteiger partial charge is 0.391 e. The van der Waals surface area contributed by atoms with Gasteiger partial charge in [-0.1, -0.05) is 32.9 Å². The quantitative estimate of drug-likeness (QED) is 0.523. The lowest BCUT2D eigenvalue weighted by Crippen LogP contribution is -2.48. The molecule has 196 valence electrons. The van der Waals surface area contributed by atoms with Gasteiger partial charge in [0.15, 0.2) is 0 Å². The first-order valence-electron chi connectivity index (χ1n) is 13.4. The number of carbonyl (C=O) groups is 2. The Hall–Kier alpha value is -2.71. The molecule has 8 nitrogen and oxygen atoms in total. The Balaban J connectivity index is 1.53. The van der Waals surface area contributed by atoms with Crippen LogP contribution in [0, 0.1) is 11.8 Å². The van der Waals surface area contributed by atoms with Crippen LogP contribution >= 0.6 is 0 Å². The SMILES string of the molecule is CCn1nccc1-c1ccc(CNC(=O)C2CC(O)CN2C(=O)C(C)C(C)C)c(C2CCNCC2)c1. The summed E-state index contributed by atoms with van der Waals surface area (Å²) in [6, 6.07) is 7.90. The fourth-order valence-electron chi connectivity index (χ4n) is 5.41. The molecular weight excluding hydrogens is 454 g/mol. The summed E-state index contributed by atoms with van der Waals surface area (Å²) in [7, 11) is 0. The zero-order chi connectivity index (χ0) is 25.8. The second kappa shape index (κ2) is 11.6. The van der Waals surface area contributed by atoms with Crippen molar-refractivity contribution in [3.63, 3.8) is 0 Å². The molecule has 1 aromatic carbocycles. The van der Waals surface area contributed by atoms with Gasteiger partial charge in [0, 0.05) is 43.7 Å². The van der Waals surface area contributed by atoms with Gasteiger partial charge in [-0.25, -0.2) is 0 Å². The van der Waals surface area contributed by atoms with Crippen LogP contribution in [0.5, 0.6) is 0 Å². The van der Waals surface area contributed by atoms with Gasteiger partial charge in [-0.05, 0) is 68.0 Å². The lowest BCUT2D eigenvalue weighted by Gasteiger charge is -2.29. The summed E-state index contributed by atoms with van der Waals surface area (Å²) in [6.07, 6.45) is 3.56. The van der Waals surface area contributed by atoms with Crippen LogP contribution in [0.4, 0.5) is 0 Å². The second-order valence-electron chi connectivity index (χ2n) is 10.6. The fraction of sp³-hybridized carbons (Fsp3) is 0.607. The number of β-amino-alcohol motifs (C(OH)–C–C–N with tert-alkyl or cyclic N) is 1. The standard InChI is InChI=1S/C28H41N5O3/c1-5-33-25(10-13-31-33)21-6-7-22(24(14-21)20-8-11-29-12-9-20)16-30-27(35)26-15-23(34)17-32(26)28(36)19(4)18(2)3/h6-7,10,13-14,18-20,23,26,29,34H,5,8-9,11-12,15-17H2,1-4H3,(H,30,35). The second-order valence-corrected chi connectivity index (χ2v) is 10.6. The number of carbonyl (C=O) groups excluding carboxylic acids is 2. The normalized spacial score (nSPS) is 21.7. The molecule has 0 aliphatic carbocycles. The third-order valence-corrected chi connectivity index (χ3v) is 7.94. The van der Waals surface area contributed by atoms with E-state index in [0.29, 0.717) is 12.5 Å². The Labute approximate surface area is 214 Å². The number of aryl methyl sites for hydroxylation is 1. The Morgan fingerprint density at radius 1 is 1.19 bits per heavy atom. The van der Waals surface area contributed by atoms with E-state index in [4.69, 9.17) is 0 Å². The highest BCUT2D eigenvalue weighted by Gasteiger charge is 2.40. The van der Waals surface area contributed by atoms with Gasteiger partial charge in [0.2, 0.25) is 11.8 Å². The van der Waals surface area contributed by atoms with E-state index in [-0.39, 0.29) is 36.6 Å². The average Bonchev–Trinajstić information content (AvgIpc) is 3.53. The fourth-order valence-corrected chi connectivity index (χ4v) is 5.41.